The zero-order valence-corrected chi connectivity index (χ0v) is 11.1. The lowest BCUT2D eigenvalue weighted by atomic mass is 10.4. The van der Waals surface area contributed by atoms with E-state index in [1.165, 1.54) is 0 Å². The molecule has 0 aliphatic heterocycles. The topological polar surface area (TPSA) is 95.3 Å². The number of hydrogen-bond donors (Lipinski definition) is 3. The number of hydrazine groups is 1. The summed E-state index contributed by atoms with van der Waals surface area (Å²) < 4.78 is 0. The summed E-state index contributed by atoms with van der Waals surface area (Å²) in [5.41, 5.74) is 2.68. The summed E-state index contributed by atoms with van der Waals surface area (Å²) >= 11 is 0. The first-order valence-electron chi connectivity index (χ1n) is 6.23. The monoisotopic (exact) mass is 245 g/mol. The highest BCUT2D eigenvalue weighted by Gasteiger charge is 2.05. The predicted octanol–water partition coefficient (Wildman–Crippen LogP) is -0.581. The van der Waals surface area contributed by atoms with Crippen LogP contribution in [0.5, 0.6) is 0 Å². The SMILES string of the molecule is CCN(CCN=NN)CCN(CC)CCNN. The summed E-state index contributed by atoms with van der Waals surface area (Å²) in [6.07, 6.45) is 0. The molecule has 0 atom stereocenters. The van der Waals surface area contributed by atoms with Crippen molar-refractivity contribution >= 4 is 0 Å². The van der Waals surface area contributed by atoms with Crippen molar-refractivity contribution in [1.82, 2.24) is 15.2 Å². The van der Waals surface area contributed by atoms with Crippen molar-refractivity contribution in [3.8, 4) is 0 Å². The average molecular weight is 245 g/mol. The Kier molecular flexibility index (Phi) is 11.2. The minimum absolute atomic E-state index is 0.667. The fourth-order valence-corrected chi connectivity index (χ4v) is 1.61. The maximum atomic E-state index is 5.27. The minimum Gasteiger partial charge on any atom is -0.305 e. The van der Waals surface area contributed by atoms with Gasteiger partial charge >= 0.3 is 0 Å². The van der Waals surface area contributed by atoms with Crippen LogP contribution in [0.2, 0.25) is 0 Å². The van der Waals surface area contributed by atoms with Crippen LogP contribution in [0.1, 0.15) is 13.8 Å². The molecule has 0 aromatic carbocycles. The van der Waals surface area contributed by atoms with E-state index < -0.39 is 0 Å². The highest BCUT2D eigenvalue weighted by atomic mass is 15.3. The molecule has 0 aliphatic carbocycles. The predicted molar refractivity (Wildman–Crippen MR) is 70.3 cm³/mol. The van der Waals surface area contributed by atoms with Gasteiger partial charge in [-0.2, -0.15) is 5.11 Å². The van der Waals surface area contributed by atoms with E-state index in [2.05, 4.69) is 39.4 Å². The molecule has 0 spiro atoms. The summed E-state index contributed by atoms with van der Waals surface area (Å²) in [6.45, 7) is 11.8. The Morgan fingerprint density at radius 3 is 2.06 bits per heavy atom. The molecule has 102 valence electrons. The zero-order chi connectivity index (χ0) is 12.9. The van der Waals surface area contributed by atoms with Crippen molar-refractivity contribution in [3.05, 3.63) is 0 Å². The number of nitrogens with one attached hydrogen (secondary N) is 1. The normalized spacial score (nSPS) is 12.1. The molecule has 0 aromatic heterocycles. The van der Waals surface area contributed by atoms with Gasteiger partial charge in [0.1, 0.15) is 0 Å². The molecule has 0 amide bonds. The van der Waals surface area contributed by atoms with Crippen LogP contribution in [-0.2, 0) is 0 Å². The van der Waals surface area contributed by atoms with Gasteiger partial charge in [-0.3, -0.25) is 11.3 Å². The quantitative estimate of drug-likeness (QED) is 0.257. The first-order valence-corrected chi connectivity index (χ1v) is 6.23. The molecule has 0 heterocycles. The molecule has 0 bridgehead atoms. The van der Waals surface area contributed by atoms with E-state index in [1.54, 1.807) is 0 Å². The van der Waals surface area contributed by atoms with Gasteiger partial charge in [0.15, 0.2) is 0 Å². The molecule has 7 heteroatoms. The maximum absolute atomic E-state index is 5.27. The summed E-state index contributed by atoms with van der Waals surface area (Å²) in [7, 11) is 0. The smallest absolute Gasteiger partial charge is 0.0747 e. The van der Waals surface area contributed by atoms with Gasteiger partial charge in [-0.15, -0.1) is 0 Å². The molecule has 17 heavy (non-hydrogen) atoms. The molecule has 0 aromatic rings. The maximum Gasteiger partial charge on any atom is 0.0747 e. The fraction of sp³-hybridized carbons (Fsp3) is 1.00. The lowest BCUT2D eigenvalue weighted by Gasteiger charge is -2.25. The summed E-state index contributed by atoms with van der Waals surface area (Å²) in [5.74, 6) is 10.2. The molecule has 0 radical (unpaired) electrons. The number of nitrogens with two attached hydrogens (primary N) is 2. The number of rotatable bonds is 11. The van der Waals surface area contributed by atoms with Crippen molar-refractivity contribution in [2.24, 2.45) is 22.0 Å². The van der Waals surface area contributed by atoms with Gasteiger partial charge in [0, 0.05) is 32.7 Å². The fourth-order valence-electron chi connectivity index (χ4n) is 1.61. The number of likely N-dealkylation sites (N-methyl/N-ethyl adjacent to an activating group) is 2. The third-order valence-corrected chi connectivity index (χ3v) is 2.80. The Hall–Kier alpha value is -0.760. The summed E-state index contributed by atoms with van der Waals surface area (Å²) in [6, 6.07) is 0. The Labute approximate surface area is 104 Å². The largest absolute Gasteiger partial charge is 0.305 e. The average Bonchev–Trinajstić information content (AvgIpc) is 2.36. The van der Waals surface area contributed by atoms with Crippen molar-refractivity contribution in [3.63, 3.8) is 0 Å². The van der Waals surface area contributed by atoms with Gasteiger partial charge in [-0.05, 0) is 13.1 Å². The third kappa shape index (κ3) is 8.99. The number of nitrogens with zero attached hydrogens (tertiary/aromatic N) is 4. The molecule has 5 N–H and O–H groups in total. The van der Waals surface area contributed by atoms with E-state index in [0.717, 1.165) is 45.8 Å². The number of hydrogen-bond acceptors (Lipinski definition) is 6. The van der Waals surface area contributed by atoms with Gasteiger partial charge < -0.3 is 15.6 Å². The van der Waals surface area contributed by atoms with E-state index in [-0.39, 0.29) is 0 Å². The Bertz CT molecular complexity index is 185. The van der Waals surface area contributed by atoms with E-state index in [9.17, 15) is 0 Å². The highest BCUT2D eigenvalue weighted by molar-refractivity contribution is 4.62. The van der Waals surface area contributed by atoms with E-state index >= 15 is 0 Å². The molecule has 0 unspecified atom stereocenters. The Morgan fingerprint density at radius 2 is 1.59 bits per heavy atom. The van der Waals surface area contributed by atoms with E-state index in [0.29, 0.717) is 6.54 Å². The molecular weight excluding hydrogens is 218 g/mol. The molecule has 0 saturated heterocycles. The van der Waals surface area contributed by atoms with Crippen molar-refractivity contribution in [2.75, 3.05) is 52.4 Å². The van der Waals surface area contributed by atoms with Gasteiger partial charge in [0.25, 0.3) is 0 Å². The summed E-state index contributed by atoms with van der Waals surface area (Å²) in [4.78, 5) is 4.71. The van der Waals surface area contributed by atoms with Crippen LogP contribution >= 0.6 is 0 Å². The van der Waals surface area contributed by atoms with Crippen LogP contribution in [0.4, 0.5) is 0 Å². The van der Waals surface area contributed by atoms with E-state index in [4.69, 9.17) is 11.7 Å². The van der Waals surface area contributed by atoms with Crippen molar-refractivity contribution < 1.29 is 0 Å². The lowest BCUT2D eigenvalue weighted by molar-refractivity contribution is 0.218. The van der Waals surface area contributed by atoms with Crippen LogP contribution < -0.4 is 17.1 Å². The second kappa shape index (κ2) is 11.7. The van der Waals surface area contributed by atoms with Crippen LogP contribution in [0.15, 0.2) is 10.3 Å². The molecular formula is C10H27N7. The summed E-state index contributed by atoms with van der Waals surface area (Å²) in [5, 5.41) is 7.04. The van der Waals surface area contributed by atoms with Crippen LogP contribution in [-0.4, -0.2) is 62.2 Å². The molecule has 0 rings (SSSR count). The standard InChI is InChI=1S/C10H27N7/c1-3-16(7-5-13-11)9-10-17(4-2)8-6-14-15-12/h13H,3-11H2,1-2H3,(H2,12,14). The molecule has 0 saturated carbocycles. The molecule has 0 aliphatic rings. The molecule has 7 nitrogen and oxygen atoms in total. The van der Waals surface area contributed by atoms with Crippen LogP contribution in [0.25, 0.3) is 0 Å². The minimum atomic E-state index is 0.667. The van der Waals surface area contributed by atoms with Crippen LogP contribution in [0, 0.1) is 0 Å². The van der Waals surface area contributed by atoms with Gasteiger partial charge in [0.2, 0.25) is 0 Å². The second-order valence-corrected chi connectivity index (χ2v) is 3.80. The molecule has 0 fully saturated rings. The third-order valence-electron chi connectivity index (χ3n) is 2.80. The van der Waals surface area contributed by atoms with Gasteiger partial charge in [0.05, 0.1) is 6.54 Å². The van der Waals surface area contributed by atoms with Crippen molar-refractivity contribution in [1.29, 1.82) is 0 Å². The Morgan fingerprint density at radius 1 is 1.00 bits per heavy atom. The van der Waals surface area contributed by atoms with Crippen molar-refractivity contribution in [2.45, 2.75) is 13.8 Å². The van der Waals surface area contributed by atoms with Crippen LogP contribution in [0.3, 0.4) is 0 Å². The first-order chi connectivity index (χ1) is 8.28. The Balaban J connectivity index is 3.77. The van der Waals surface area contributed by atoms with Gasteiger partial charge in [-0.25, -0.2) is 0 Å². The lowest BCUT2D eigenvalue weighted by Crippen LogP contribution is -2.40. The highest BCUT2D eigenvalue weighted by Crippen LogP contribution is 1.92. The van der Waals surface area contributed by atoms with Gasteiger partial charge in [-0.1, -0.05) is 19.1 Å². The zero-order valence-electron chi connectivity index (χ0n) is 11.1. The van der Waals surface area contributed by atoms with E-state index in [1.807, 2.05) is 0 Å². The second-order valence-electron chi connectivity index (χ2n) is 3.80. The first kappa shape index (κ1) is 16.2.